The van der Waals surface area contributed by atoms with Gasteiger partial charge in [-0.15, -0.1) is 0 Å². The van der Waals surface area contributed by atoms with Gasteiger partial charge in [0, 0.05) is 19.3 Å². The summed E-state index contributed by atoms with van der Waals surface area (Å²) in [5.41, 5.74) is 8.15. The predicted molar refractivity (Wildman–Crippen MR) is 73.7 cm³/mol. The van der Waals surface area contributed by atoms with Gasteiger partial charge in [0.25, 0.3) is 0 Å². The second-order valence-corrected chi connectivity index (χ2v) is 4.36. The highest BCUT2D eigenvalue weighted by Crippen LogP contribution is 2.14. The molecule has 0 aromatic heterocycles. The fourth-order valence-corrected chi connectivity index (χ4v) is 1.72. The lowest BCUT2D eigenvalue weighted by Gasteiger charge is -2.21. The van der Waals surface area contributed by atoms with Gasteiger partial charge in [-0.2, -0.15) is 0 Å². The normalized spacial score (nSPS) is 12.0. The van der Waals surface area contributed by atoms with Crippen molar-refractivity contribution >= 4 is 11.7 Å². The average Bonchev–Trinajstić information content (AvgIpc) is 2.43. The number of benzene rings is 1. The molecule has 4 nitrogen and oxygen atoms in total. The van der Waals surface area contributed by atoms with Gasteiger partial charge in [-0.1, -0.05) is 19.1 Å². The van der Waals surface area contributed by atoms with E-state index in [9.17, 15) is 4.79 Å². The number of hydrogen-bond acceptors (Lipinski definition) is 4. The summed E-state index contributed by atoms with van der Waals surface area (Å²) in [6.07, 6.45) is 1.62. The first-order valence-electron chi connectivity index (χ1n) is 6.22. The number of hydrogen-bond donors (Lipinski definition) is 1. The monoisotopic (exact) mass is 250 g/mol. The maximum Gasteiger partial charge on any atom is 0.322 e. The molecule has 1 atom stereocenters. The van der Waals surface area contributed by atoms with E-state index in [4.69, 9.17) is 5.73 Å². The Morgan fingerprint density at radius 1 is 1.39 bits per heavy atom. The van der Waals surface area contributed by atoms with E-state index >= 15 is 0 Å². The van der Waals surface area contributed by atoms with Gasteiger partial charge in [0.1, 0.15) is 6.04 Å². The molecule has 1 aromatic carbocycles. The predicted octanol–water partition coefficient (Wildman–Crippen LogP) is 1.58. The van der Waals surface area contributed by atoms with E-state index in [1.54, 1.807) is 0 Å². The number of nitrogens with zero attached hydrogens (tertiary/aromatic N) is 1. The third-order valence-electron chi connectivity index (χ3n) is 3.06. The Balaban J connectivity index is 2.49. The average molecular weight is 250 g/mol. The maximum absolute atomic E-state index is 11.2. The van der Waals surface area contributed by atoms with Crippen LogP contribution < -0.4 is 10.6 Å². The van der Waals surface area contributed by atoms with Crippen LogP contribution in [0.25, 0.3) is 0 Å². The van der Waals surface area contributed by atoms with Gasteiger partial charge < -0.3 is 15.4 Å². The fourth-order valence-electron chi connectivity index (χ4n) is 1.72. The highest BCUT2D eigenvalue weighted by molar-refractivity contribution is 5.75. The highest BCUT2D eigenvalue weighted by atomic mass is 16.5. The molecule has 0 radical (unpaired) electrons. The van der Waals surface area contributed by atoms with Crippen LogP contribution in [0.2, 0.25) is 0 Å². The van der Waals surface area contributed by atoms with Crippen LogP contribution in [0.5, 0.6) is 0 Å². The first kappa shape index (κ1) is 14.5. The number of carbonyl (C=O) groups is 1. The number of aryl methyl sites for hydroxylation is 1. The Kier molecular flexibility index (Phi) is 5.65. The largest absolute Gasteiger partial charge is 0.468 e. The number of nitrogens with two attached hydrogens (primary N) is 1. The van der Waals surface area contributed by atoms with Gasteiger partial charge >= 0.3 is 5.97 Å². The van der Waals surface area contributed by atoms with Crippen LogP contribution in [0, 0.1) is 0 Å². The molecule has 18 heavy (non-hydrogen) atoms. The Hall–Kier alpha value is -1.55. The zero-order valence-corrected chi connectivity index (χ0v) is 11.3. The Morgan fingerprint density at radius 2 is 2.00 bits per heavy atom. The van der Waals surface area contributed by atoms with Crippen LogP contribution >= 0.6 is 0 Å². The Bertz CT molecular complexity index is 376. The molecule has 0 aliphatic rings. The van der Waals surface area contributed by atoms with Crippen molar-refractivity contribution in [1.82, 2.24) is 0 Å². The molecule has 0 heterocycles. The molecule has 0 spiro atoms. The van der Waals surface area contributed by atoms with Crippen LogP contribution in [0.1, 0.15) is 18.9 Å². The minimum Gasteiger partial charge on any atom is -0.468 e. The van der Waals surface area contributed by atoms with E-state index in [1.807, 2.05) is 7.05 Å². The number of rotatable bonds is 6. The molecule has 0 aliphatic carbocycles. The molecule has 1 aromatic rings. The van der Waals surface area contributed by atoms with Crippen molar-refractivity contribution in [2.24, 2.45) is 5.73 Å². The molecule has 0 fully saturated rings. The summed E-state index contributed by atoms with van der Waals surface area (Å²) in [5.74, 6) is -0.357. The number of carbonyl (C=O) groups excluding carboxylic acids is 1. The van der Waals surface area contributed by atoms with Crippen molar-refractivity contribution in [2.75, 3.05) is 25.6 Å². The number of ether oxygens (including phenoxy) is 1. The van der Waals surface area contributed by atoms with Crippen LogP contribution in [0.3, 0.4) is 0 Å². The second-order valence-electron chi connectivity index (χ2n) is 4.36. The van der Waals surface area contributed by atoms with Crippen molar-refractivity contribution in [1.29, 1.82) is 0 Å². The van der Waals surface area contributed by atoms with E-state index in [0.717, 1.165) is 18.7 Å². The van der Waals surface area contributed by atoms with E-state index in [1.165, 1.54) is 12.7 Å². The summed E-state index contributed by atoms with van der Waals surface area (Å²) in [5, 5.41) is 0. The van der Waals surface area contributed by atoms with Crippen molar-refractivity contribution < 1.29 is 9.53 Å². The lowest BCUT2D eigenvalue weighted by molar-refractivity contribution is -0.142. The van der Waals surface area contributed by atoms with Crippen molar-refractivity contribution in [2.45, 2.75) is 25.8 Å². The van der Waals surface area contributed by atoms with E-state index in [-0.39, 0.29) is 5.97 Å². The molecule has 0 saturated carbocycles. The Morgan fingerprint density at radius 3 is 2.50 bits per heavy atom. The number of esters is 1. The molecular weight excluding hydrogens is 228 g/mol. The standard InChI is InChI=1S/C14H22N2O2/c1-4-11-5-7-12(8-6-11)16(2)10-9-13(15)14(17)18-3/h5-8,13H,4,9-10,15H2,1-3H3. The molecule has 0 amide bonds. The molecule has 1 unspecified atom stereocenters. The zero-order valence-electron chi connectivity index (χ0n) is 11.3. The van der Waals surface area contributed by atoms with E-state index in [2.05, 4.69) is 40.8 Å². The number of anilines is 1. The van der Waals surface area contributed by atoms with Crippen molar-refractivity contribution in [3.63, 3.8) is 0 Å². The summed E-state index contributed by atoms with van der Waals surface area (Å²) in [6.45, 7) is 2.86. The molecule has 0 saturated heterocycles. The second kappa shape index (κ2) is 7.01. The number of methoxy groups -OCH3 is 1. The fraction of sp³-hybridized carbons (Fsp3) is 0.500. The van der Waals surface area contributed by atoms with Gasteiger partial charge in [-0.25, -0.2) is 0 Å². The molecule has 0 bridgehead atoms. The van der Waals surface area contributed by atoms with Gasteiger partial charge in [0.15, 0.2) is 0 Å². The molecule has 4 heteroatoms. The smallest absolute Gasteiger partial charge is 0.322 e. The van der Waals surface area contributed by atoms with Gasteiger partial charge in [-0.3, -0.25) is 4.79 Å². The van der Waals surface area contributed by atoms with E-state index in [0.29, 0.717) is 6.42 Å². The third-order valence-corrected chi connectivity index (χ3v) is 3.06. The molecule has 1 rings (SSSR count). The SMILES string of the molecule is CCc1ccc(N(C)CCC(N)C(=O)OC)cc1. The summed E-state index contributed by atoms with van der Waals surface area (Å²) in [7, 11) is 3.35. The van der Waals surface area contributed by atoms with Crippen LogP contribution in [0.4, 0.5) is 5.69 Å². The zero-order chi connectivity index (χ0) is 13.5. The topological polar surface area (TPSA) is 55.6 Å². The lowest BCUT2D eigenvalue weighted by Crippen LogP contribution is -2.35. The first-order chi connectivity index (χ1) is 8.58. The first-order valence-corrected chi connectivity index (χ1v) is 6.22. The van der Waals surface area contributed by atoms with Crippen LogP contribution in [-0.2, 0) is 16.0 Å². The molecule has 100 valence electrons. The summed E-state index contributed by atoms with van der Waals surface area (Å²) < 4.78 is 4.60. The van der Waals surface area contributed by atoms with Crippen LogP contribution in [-0.4, -0.2) is 32.7 Å². The molecular formula is C14H22N2O2. The lowest BCUT2D eigenvalue weighted by atomic mass is 10.1. The molecule has 2 N–H and O–H groups in total. The van der Waals surface area contributed by atoms with Crippen molar-refractivity contribution in [3.05, 3.63) is 29.8 Å². The summed E-state index contributed by atoms with van der Waals surface area (Å²) in [4.78, 5) is 13.3. The van der Waals surface area contributed by atoms with E-state index < -0.39 is 6.04 Å². The summed E-state index contributed by atoms with van der Waals surface area (Å²) >= 11 is 0. The Labute approximate surface area is 109 Å². The highest BCUT2D eigenvalue weighted by Gasteiger charge is 2.14. The van der Waals surface area contributed by atoms with Crippen LogP contribution in [0.15, 0.2) is 24.3 Å². The molecule has 0 aliphatic heterocycles. The minimum atomic E-state index is -0.549. The quantitative estimate of drug-likeness (QED) is 0.779. The minimum absolute atomic E-state index is 0.357. The van der Waals surface area contributed by atoms with Gasteiger partial charge in [0.05, 0.1) is 7.11 Å². The summed E-state index contributed by atoms with van der Waals surface area (Å²) in [6, 6.07) is 7.86. The van der Waals surface area contributed by atoms with Crippen molar-refractivity contribution in [3.8, 4) is 0 Å². The van der Waals surface area contributed by atoms with Gasteiger partial charge in [-0.05, 0) is 30.5 Å². The van der Waals surface area contributed by atoms with Gasteiger partial charge in [0.2, 0.25) is 0 Å². The maximum atomic E-state index is 11.2. The third kappa shape index (κ3) is 4.04.